The van der Waals surface area contributed by atoms with Crippen LogP contribution in [0.2, 0.25) is 0 Å². The van der Waals surface area contributed by atoms with Crippen molar-refractivity contribution in [2.75, 3.05) is 0 Å². The molecule has 4 heteroatoms. The molecule has 0 aliphatic heterocycles. The highest BCUT2D eigenvalue weighted by atomic mass is 32.2. The lowest BCUT2D eigenvalue weighted by molar-refractivity contribution is 0.475. The van der Waals surface area contributed by atoms with Gasteiger partial charge in [0.15, 0.2) is 0 Å². The molecule has 0 aliphatic carbocycles. The molecule has 0 unspecified atom stereocenters. The number of hydrogen-bond donors (Lipinski definition) is 1. The molecular formula is C14H11NOS2. The lowest BCUT2D eigenvalue weighted by Gasteiger charge is -1.98. The van der Waals surface area contributed by atoms with E-state index in [1.54, 1.807) is 35.2 Å². The first-order valence-electron chi connectivity index (χ1n) is 5.57. The van der Waals surface area contributed by atoms with Gasteiger partial charge >= 0.3 is 0 Å². The van der Waals surface area contributed by atoms with Gasteiger partial charge in [-0.3, -0.25) is 0 Å². The van der Waals surface area contributed by atoms with E-state index in [1.807, 2.05) is 30.3 Å². The Balaban J connectivity index is 1.74. The maximum atomic E-state index is 9.22. The van der Waals surface area contributed by atoms with Crippen molar-refractivity contribution in [3.05, 3.63) is 53.5 Å². The summed E-state index contributed by atoms with van der Waals surface area (Å²) in [6, 6.07) is 15.5. The maximum absolute atomic E-state index is 9.22. The van der Waals surface area contributed by atoms with Crippen LogP contribution < -0.4 is 0 Å². The average molecular weight is 273 g/mol. The molecule has 1 heterocycles. The molecule has 0 atom stereocenters. The van der Waals surface area contributed by atoms with Crippen molar-refractivity contribution < 1.29 is 5.11 Å². The largest absolute Gasteiger partial charge is 0.508 e. The zero-order valence-electron chi connectivity index (χ0n) is 9.54. The highest BCUT2D eigenvalue weighted by molar-refractivity contribution is 7.98. The van der Waals surface area contributed by atoms with Crippen molar-refractivity contribution in [2.24, 2.45) is 0 Å². The molecule has 0 saturated carbocycles. The van der Waals surface area contributed by atoms with E-state index >= 15 is 0 Å². The molecule has 0 bridgehead atoms. The first-order chi connectivity index (χ1) is 8.81. The summed E-state index contributed by atoms with van der Waals surface area (Å²) in [4.78, 5) is 5.74. The van der Waals surface area contributed by atoms with Gasteiger partial charge in [-0.1, -0.05) is 12.1 Å². The number of para-hydroxylation sites is 1. The maximum Gasteiger partial charge on any atom is 0.115 e. The number of nitrogens with zero attached hydrogens (tertiary/aromatic N) is 1. The van der Waals surface area contributed by atoms with E-state index in [9.17, 15) is 5.11 Å². The highest BCUT2D eigenvalue weighted by Gasteiger charge is 2.03. The predicted molar refractivity (Wildman–Crippen MR) is 77.3 cm³/mol. The van der Waals surface area contributed by atoms with Crippen LogP contribution in [0.15, 0.2) is 53.4 Å². The SMILES string of the molecule is Oc1ccc(SCc2nc3ccccc3s2)cc1. The Morgan fingerprint density at radius 1 is 1.06 bits per heavy atom. The van der Waals surface area contributed by atoms with Crippen molar-refractivity contribution in [2.45, 2.75) is 10.6 Å². The highest BCUT2D eigenvalue weighted by Crippen LogP contribution is 2.28. The van der Waals surface area contributed by atoms with Gasteiger partial charge < -0.3 is 5.11 Å². The Morgan fingerprint density at radius 2 is 1.83 bits per heavy atom. The molecule has 1 aromatic heterocycles. The van der Waals surface area contributed by atoms with Gasteiger partial charge in [-0.05, 0) is 36.4 Å². The Morgan fingerprint density at radius 3 is 2.61 bits per heavy atom. The molecule has 2 nitrogen and oxygen atoms in total. The van der Waals surface area contributed by atoms with Crippen LogP contribution in [-0.2, 0) is 5.75 Å². The average Bonchev–Trinajstić information content (AvgIpc) is 2.81. The van der Waals surface area contributed by atoms with Gasteiger partial charge in [0.25, 0.3) is 0 Å². The smallest absolute Gasteiger partial charge is 0.115 e. The van der Waals surface area contributed by atoms with Crippen molar-refractivity contribution in [3.63, 3.8) is 0 Å². The lowest BCUT2D eigenvalue weighted by atomic mass is 10.3. The number of thioether (sulfide) groups is 1. The summed E-state index contributed by atoms with van der Waals surface area (Å²) in [6.07, 6.45) is 0. The number of aromatic hydroxyl groups is 1. The molecule has 3 aromatic rings. The minimum atomic E-state index is 0.305. The molecule has 90 valence electrons. The van der Waals surface area contributed by atoms with Gasteiger partial charge in [0.1, 0.15) is 10.8 Å². The normalized spacial score (nSPS) is 10.9. The van der Waals surface area contributed by atoms with Crippen LogP contribution in [0, 0.1) is 0 Å². The zero-order valence-corrected chi connectivity index (χ0v) is 11.2. The number of phenols is 1. The van der Waals surface area contributed by atoms with Gasteiger partial charge in [-0.15, -0.1) is 23.1 Å². The number of thiazole rings is 1. The molecular weight excluding hydrogens is 262 g/mol. The number of benzene rings is 2. The third-order valence-electron chi connectivity index (χ3n) is 2.54. The number of rotatable bonds is 3. The third kappa shape index (κ3) is 2.49. The van der Waals surface area contributed by atoms with Gasteiger partial charge in [0.2, 0.25) is 0 Å². The monoisotopic (exact) mass is 273 g/mol. The molecule has 1 N–H and O–H groups in total. The fourth-order valence-electron chi connectivity index (χ4n) is 1.67. The molecule has 0 saturated heterocycles. The summed E-state index contributed by atoms with van der Waals surface area (Å²) in [5.41, 5.74) is 1.07. The molecule has 18 heavy (non-hydrogen) atoms. The quantitative estimate of drug-likeness (QED) is 0.722. The Bertz CT molecular complexity index is 628. The minimum absolute atomic E-state index is 0.305. The summed E-state index contributed by atoms with van der Waals surface area (Å²) in [5.74, 6) is 1.17. The third-order valence-corrected chi connectivity index (χ3v) is 4.78. The van der Waals surface area contributed by atoms with E-state index in [0.717, 1.165) is 21.2 Å². The van der Waals surface area contributed by atoms with Gasteiger partial charge in [0.05, 0.1) is 16.0 Å². The minimum Gasteiger partial charge on any atom is -0.508 e. The van der Waals surface area contributed by atoms with Crippen LogP contribution in [0.4, 0.5) is 0 Å². The van der Waals surface area contributed by atoms with Crippen LogP contribution >= 0.6 is 23.1 Å². The number of hydrogen-bond acceptors (Lipinski definition) is 4. The van der Waals surface area contributed by atoms with E-state index < -0.39 is 0 Å². The van der Waals surface area contributed by atoms with Crippen molar-refractivity contribution in [1.82, 2.24) is 4.98 Å². The van der Waals surface area contributed by atoms with E-state index in [2.05, 4.69) is 11.1 Å². The predicted octanol–water partition coefficient (Wildman–Crippen LogP) is 4.29. The summed E-state index contributed by atoms with van der Waals surface area (Å²) < 4.78 is 1.24. The molecule has 3 rings (SSSR count). The van der Waals surface area contributed by atoms with Crippen molar-refractivity contribution in [1.29, 1.82) is 0 Å². The number of phenolic OH excluding ortho intramolecular Hbond substituents is 1. The van der Waals surface area contributed by atoms with Crippen molar-refractivity contribution in [3.8, 4) is 5.75 Å². The van der Waals surface area contributed by atoms with E-state index in [0.29, 0.717) is 5.75 Å². The van der Waals surface area contributed by atoms with E-state index in [4.69, 9.17) is 0 Å². The molecule has 0 aliphatic rings. The van der Waals surface area contributed by atoms with Crippen LogP contribution in [0.25, 0.3) is 10.2 Å². The lowest BCUT2D eigenvalue weighted by Crippen LogP contribution is -1.78. The summed E-state index contributed by atoms with van der Waals surface area (Å²) in [7, 11) is 0. The first kappa shape index (κ1) is 11.6. The van der Waals surface area contributed by atoms with Crippen LogP contribution in [0.5, 0.6) is 5.75 Å². The standard InChI is InChI=1S/C14H11NOS2/c16-10-5-7-11(8-6-10)17-9-14-15-12-3-1-2-4-13(12)18-14/h1-8,16H,9H2. The number of fused-ring (bicyclic) bond motifs is 1. The van der Waals surface area contributed by atoms with Crippen LogP contribution in [0.1, 0.15) is 5.01 Å². The molecule has 0 amide bonds. The van der Waals surface area contributed by atoms with Gasteiger partial charge in [0, 0.05) is 4.90 Å². The zero-order chi connectivity index (χ0) is 12.4. The fraction of sp³-hybridized carbons (Fsp3) is 0.0714. The van der Waals surface area contributed by atoms with Crippen molar-refractivity contribution >= 4 is 33.3 Å². The molecule has 0 fully saturated rings. The molecule has 2 aromatic carbocycles. The first-order valence-corrected chi connectivity index (χ1v) is 7.38. The van der Waals surface area contributed by atoms with Gasteiger partial charge in [-0.2, -0.15) is 0 Å². The molecule has 0 radical (unpaired) electrons. The second-order valence-corrected chi connectivity index (χ2v) is 6.02. The fourth-order valence-corrected chi connectivity index (χ4v) is 3.53. The Kier molecular flexibility index (Phi) is 3.21. The van der Waals surface area contributed by atoms with E-state index in [-0.39, 0.29) is 0 Å². The van der Waals surface area contributed by atoms with E-state index in [1.165, 1.54) is 4.70 Å². The van der Waals surface area contributed by atoms with Crippen LogP contribution in [-0.4, -0.2) is 10.1 Å². The second-order valence-electron chi connectivity index (χ2n) is 3.86. The van der Waals surface area contributed by atoms with Crippen LogP contribution in [0.3, 0.4) is 0 Å². The Hall–Kier alpha value is -1.52. The number of aromatic nitrogens is 1. The second kappa shape index (κ2) is 5.00. The topological polar surface area (TPSA) is 33.1 Å². The summed E-state index contributed by atoms with van der Waals surface area (Å²) >= 11 is 3.47. The Labute approximate surface area is 113 Å². The van der Waals surface area contributed by atoms with Gasteiger partial charge in [-0.25, -0.2) is 4.98 Å². The summed E-state index contributed by atoms with van der Waals surface area (Å²) in [5, 5.41) is 10.4. The summed E-state index contributed by atoms with van der Waals surface area (Å²) in [6.45, 7) is 0. The molecule has 0 spiro atoms.